The number of anilines is 2. The van der Waals surface area contributed by atoms with Crippen molar-refractivity contribution < 1.29 is 18.7 Å². The highest BCUT2D eigenvalue weighted by Gasteiger charge is 2.22. The molecule has 1 aliphatic heterocycles. The molecule has 27 heavy (non-hydrogen) atoms. The molecule has 142 valence electrons. The molecule has 8 heteroatoms. The van der Waals surface area contributed by atoms with Crippen LogP contribution in [-0.2, 0) is 4.74 Å². The summed E-state index contributed by atoms with van der Waals surface area (Å²) in [6, 6.07) is 9.37. The molecule has 0 aliphatic carbocycles. The minimum atomic E-state index is -0.498. The van der Waals surface area contributed by atoms with Crippen molar-refractivity contribution in [2.45, 2.75) is 6.92 Å². The first kappa shape index (κ1) is 18.6. The number of rotatable bonds is 4. The first-order valence-corrected chi connectivity index (χ1v) is 8.77. The van der Waals surface area contributed by atoms with E-state index in [0.29, 0.717) is 32.8 Å². The molecule has 0 bridgehead atoms. The maximum atomic E-state index is 13.6. The van der Waals surface area contributed by atoms with E-state index in [1.54, 1.807) is 42.3 Å². The van der Waals surface area contributed by atoms with Crippen molar-refractivity contribution in [3.8, 4) is 0 Å². The molecule has 0 atom stereocenters. The van der Waals surface area contributed by atoms with E-state index in [1.165, 1.54) is 12.1 Å². The van der Waals surface area contributed by atoms with Crippen LogP contribution in [0.3, 0.4) is 0 Å². The number of nitrogens with zero attached hydrogens (tertiary/aromatic N) is 3. The Kier molecular flexibility index (Phi) is 5.85. The van der Waals surface area contributed by atoms with Gasteiger partial charge in [-0.3, -0.25) is 4.79 Å². The predicted molar refractivity (Wildman–Crippen MR) is 99.4 cm³/mol. The third kappa shape index (κ3) is 4.52. The van der Waals surface area contributed by atoms with E-state index in [0.717, 1.165) is 5.69 Å². The Balaban J connectivity index is 1.58. The molecule has 2 amide bonds. The number of ether oxygens (including phenoxy) is 1. The van der Waals surface area contributed by atoms with Crippen molar-refractivity contribution in [3.63, 3.8) is 0 Å². The Hall–Kier alpha value is -3.16. The Labute approximate surface area is 156 Å². The van der Waals surface area contributed by atoms with Crippen LogP contribution in [-0.4, -0.2) is 54.7 Å². The van der Waals surface area contributed by atoms with E-state index in [9.17, 15) is 14.0 Å². The first-order chi connectivity index (χ1) is 13.1. The number of halogens is 1. The second-order valence-corrected chi connectivity index (χ2v) is 6.01. The van der Waals surface area contributed by atoms with E-state index < -0.39 is 11.7 Å². The lowest BCUT2D eigenvalue weighted by Gasteiger charge is -2.35. The van der Waals surface area contributed by atoms with Gasteiger partial charge in [0.15, 0.2) is 0 Å². The van der Waals surface area contributed by atoms with E-state index >= 15 is 0 Å². The smallest absolute Gasteiger partial charge is 0.409 e. The van der Waals surface area contributed by atoms with E-state index in [1.807, 2.05) is 0 Å². The van der Waals surface area contributed by atoms with Crippen molar-refractivity contribution in [1.82, 2.24) is 9.88 Å². The van der Waals surface area contributed by atoms with Crippen molar-refractivity contribution in [2.75, 3.05) is 43.0 Å². The van der Waals surface area contributed by atoms with Crippen LogP contribution in [0.15, 0.2) is 42.6 Å². The number of hydrogen-bond acceptors (Lipinski definition) is 5. The summed E-state index contributed by atoms with van der Waals surface area (Å²) in [6.45, 7) is 4.58. The van der Waals surface area contributed by atoms with Gasteiger partial charge in [0, 0.05) is 26.2 Å². The largest absolute Gasteiger partial charge is 0.450 e. The van der Waals surface area contributed by atoms with Gasteiger partial charge in [-0.25, -0.2) is 14.2 Å². The fourth-order valence-electron chi connectivity index (χ4n) is 2.82. The standard InChI is InChI=1S/C19H21FN4O3/c1-2-27-19(26)24-11-9-23(10-12-24)14-7-8-17(21-13-14)18(25)22-16-6-4-3-5-15(16)20/h3-8,13H,2,9-12H2,1H3,(H,22,25). The van der Waals surface area contributed by atoms with Gasteiger partial charge in [-0.05, 0) is 31.2 Å². The number of carbonyl (C=O) groups is 2. The van der Waals surface area contributed by atoms with Gasteiger partial charge in [0.1, 0.15) is 11.5 Å². The SMILES string of the molecule is CCOC(=O)N1CCN(c2ccc(C(=O)Nc3ccccc3F)nc2)CC1. The van der Waals surface area contributed by atoms with E-state index in [-0.39, 0.29) is 17.5 Å². The number of amides is 2. The zero-order valence-electron chi connectivity index (χ0n) is 15.0. The lowest BCUT2D eigenvalue weighted by Crippen LogP contribution is -2.49. The minimum Gasteiger partial charge on any atom is -0.450 e. The Morgan fingerprint density at radius 2 is 1.89 bits per heavy atom. The van der Waals surface area contributed by atoms with Gasteiger partial charge in [0.25, 0.3) is 5.91 Å². The average Bonchev–Trinajstić information content (AvgIpc) is 2.70. The Morgan fingerprint density at radius 1 is 1.15 bits per heavy atom. The maximum absolute atomic E-state index is 13.6. The summed E-state index contributed by atoms with van der Waals surface area (Å²) < 4.78 is 18.6. The van der Waals surface area contributed by atoms with Crippen molar-refractivity contribution in [2.24, 2.45) is 0 Å². The molecule has 1 aromatic carbocycles. The van der Waals surface area contributed by atoms with Crippen LogP contribution in [0.1, 0.15) is 17.4 Å². The monoisotopic (exact) mass is 372 g/mol. The predicted octanol–water partition coefficient (Wildman–Crippen LogP) is 2.75. The molecular weight excluding hydrogens is 351 g/mol. The summed E-state index contributed by atoms with van der Waals surface area (Å²) >= 11 is 0. The van der Waals surface area contributed by atoms with E-state index in [2.05, 4.69) is 15.2 Å². The molecule has 0 spiro atoms. The zero-order valence-corrected chi connectivity index (χ0v) is 15.0. The van der Waals surface area contributed by atoms with Crippen LogP contribution in [0.5, 0.6) is 0 Å². The topological polar surface area (TPSA) is 74.8 Å². The third-order valence-corrected chi connectivity index (χ3v) is 4.27. The number of benzene rings is 1. The van der Waals surface area contributed by atoms with Crippen LogP contribution in [0.4, 0.5) is 20.6 Å². The molecule has 3 rings (SSSR count). The van der Waals surface area contributed by atoms with Crippen molar-refractivity contribution in [1.29, 1.82) is 0 Å². The Morgan fingerprint density at radius 3 is 2.52 bits per heavy atom. The normalized spacial score (nSPS) is 14.0. The van der Waals surface area contributed by atoms with Gasteiger partial charge in [0.2, 0.25) is 0 Å². The summed E-state index contributed by atoms with van der Waals surface area (Å²) in [6.07, 6.45) is 1.31. The summed E-state index contributed by atoms with van der Waals surface area (Å²) in [5.74, 6) is -0.972. The van der Waals surface area contributed by atoms with Gasteiger partial charge >= 0.3 is 6.09 Å². The zero-order chi connectivity index (χ0) is 19.2. The van der Waals surface area contributed by atoms with E-state index in [4.69, 9.17) is 4.74 Å². The average molecular weight is 372 g/mol. The fraction of sp³-hybridized carbons (Fsp3) is 0.316. The van der Waals surface area contributed by atoms with Gasteiger partial charge in [-0.1, -0.05) is 12.1 Å². The number of piperazine rings is 1. The quantitative estimate of drug-likeness (QED) is 0.893. The molecule has 0 unspecified atom stereocenters. The molecular formula is C19H21FN4O3. The number of pyridine rings is 1. The lowest BCUT2D eigenvalue weighted by atomic mass is 10.2. The molecule has 0 radical (unpaired) electrons. The molecule has 2 aromatic rings. The highest BCUT2D eigenvalue weighted by Crippen LogP contribution is 2.17. The third-order valence-electron chi connectivity index (χ3n) is 4.27. The fourth-order valence-corrected chi connectivity index (χ4v) is 2.82. The molecule has 1 N–H and O–H groups in total. The summed E-state index contributed by atoms with van der Waals surface area (Å²) in [5.41, 5.74) is 1.18. The molecule has 1 aromatic heterocycles. The number of aromatic nitrogens is 1. The van der Waals surface area contributed by atoms with Crippen LogP contribution in [0, 0.1) is 5.82 Å². The number of carbonyl (C=O) groups excluding carboxylic acids is 2. The molecule has 1 fully saturated rings. The molecule has 7 nitrogen and oxygen atoms in total. The number of hydrogen-bond donors (Lipinski definition) is 1. The summed E-state index contributed by atoms with van der Waals surface area (Å²) in [5, 5.41) is 2.51. The number of para-hydroxylation sites is 1. The van der Waals surface area contributed by atoms with Crippen molar-refractivity contribution in [3.05, 3.63) is 54.1 Å². The second-order valence-electron chi connectivity index (χ2n) is 6.01. The molecule has 1 aliphatic rings. The van der Waals surface area contributed by atoms with Crippen LogP contribution < -0.4 is 10.2 Å². The maximum Gasteiger partial charge on any atom is 0.409 e. The molecule has 1 saturated heterocycles. The number of nitrogens with one attached hydrogen (secondary N) is 1. The lowest BCUT2D eigenvalue weighted by molar-refractivity contribution is 0.101. The minimum absolute atomic E-state index is 0.114. The van der Waals surface area contributed by atoms with Gasteiger partial charge in [-0.2, -0.15) is 0 Å². The van der Waals surface area contributed by atoms with Gasteiger partial charge in [-0.15, -0.1) is 0 Å². The summed E-state index contributed by atoms with van der Waals surface area (Å²) in [4.78, 5) is 31.9. The molecule has 2 heterocycles. The highest BCUT2D eigenvalue weighted by atomic mass is 19.1. The van der Waals surface area contributed by atoms with Crippen LogP contribution >= 0.6 is 0 Å². The van der Waals surface area contributed by atoms with Crippen molar-refractivity contribution >= 4 is 23.4 Å². The summed E-state index contributed by atoms with van der Waals surface area (Å²) in [7, 11) is 0. The van der Waals surface area contributed by atoms with Gasteiger partial charge in [0.05, 0.1) is 24.2 Å². The van der Waals surface area contributed by atoms with Gasteiger partial charge < -0.3 is 19.9 Å². The van der Waals surface area contributed by atoms with Crippen LogP contribution in [0.25, 0.3) is 0 Å². The second kappa shape index (κ2) is 8.48. The first-order valence-electron chi connectivity index (χ1n) is 8.77. The van der Waals surface area contributed by atoms with Crippen LogP contribution in [0.2, 0.25) is 0 Å². The Bertz CT molecular complexity index is 805. The highest BCUT2D eigenvalue weighted by molar-refractivity contribution is 6.03. The molecule has 0 saturated carbocycles.